The largest absolute Gasteiger partial charge is 0.495 e. The third-order valence-corrected chi connectivity index (χ3v) is 3.22. The summed E-state index contributed by atoms with van der Waals surface area (Å²) in [4.78, 5) is 12.5. The first kappa shape index (κ1) is 15.0. The molecule has 0 unspecified atom stereocenters. The third kappa shape index (κ3) is 3.37. The fraction of sp³-hybridized carbons (Fsp3) is 0.312. The van der Waals surface area contributed by atoms with Gasteiger partial charge < -0.3 is 20.4 Å². The Labute approximate surface area is 124 Å². The highest BCUT2D eigenvalue weighted by molar-refractivity contribution is 6.04. The van der Waals surface area contributed by atoms with E-state index in [0.717, 1.165) is 18.5 Å². The maximum absolute atomic E-state index is 12.5. The number of benzene rings is 1. The minimum Gasteiger partial charge on any atom is -0.495 e. The lowest BCUT2D eigenvalue weighted by molar-refractivity contribution is 0.101. The van der Waals surface area contributed by atoms with Crippen molar-refractivity contribution >= 4 is 17.3 Å². The number of rotatable bonds is 5. The van der Waals surface area contributed by atoms with Crippen molar-refractivity contribution in [2.75, 3.05) is 18.2 Å². The lowest BCUT2D eigenvalue weighted by Gasteiger charge is -2.12. The summed E-state index contributed by atoms with van der Waals surface area (Å²) < 4.78 is 7.14. The van der Waals surface area contributed by atoms with Crippen LogP contribution < -0.4 is 15.8 Å². The highest BCUT2D eigenvalue weighted by Crippen LogP contribution is 2.26. The molecule has 0 saturated carbocycles. The van der Waals surface area contributed by atoms with Gasteiger partial charge in [-0.25, -0.2) is 0 Å². The second kappa shape index (κ2) is 6.35. The van der Waals surface area contributed by atoms with E-state index in [2.05, 4.69) is 12.2 Å². The molecule has 2 rings (SSSR count). The zero-order chi connectivity index (χ0) is 15.4. The molecule has 1 amide bonds. The first-order chi connectivity index (χ1) is 10.0. The number of nitrogens with one attached hydrogen (secondary N) is 1. The Balaban J connectivity index is 2.28. The molecule has 0 fully saturated rings. The first-order valence-corrected chi connectivity index (χ1v) is 6.96. The molecule has 1 aromatic carbocycles. The van der Waals surface area contributed by atoms with Crippen LogP contribution in [-0.2, 0) is 6.54 Å². The number of amides is 1. The molecule has 0 bridgehead atoms. The monoisotopic (exact) mass is 287 g/mol. The van der Waals surface area contributed by atoms with Crippen LogP contribution in [0, 0.1) is 6.92 Å². The van der Waals surface area contributed by atoms with Crippen molar-refractivity contribution in [1.82, 2.24) is 4.57 Å². The number of hydrogen-bond acceptors (Lipinski definition) is 3. The molecule has 0 saturated heterocycles. The number of anilines is 2. The molecule has 0 aliphatic heterocycles. The number of nitrogens with zero attached hydrogens (tertiary/aromatic N) is 1. The Morgan fingerprint density at radius 2 is 2.14 bits per heavy atom. The SMILES string of the molecule is CCCn1cc(N)cc1C(=O)Nc1cc(C)ccc1OC. The van der Waals surface area contributed by atoms with Crippen LogP contribution in [0.2, 0.25) is 0 Å². The fourth-order valence-electron chi connectivity index (χ4n) is 2.26. The minimum atomic E-state index is -0.191. The molecule has 0 spiro atoms. The number of carbonyl (C=O) groups is 1. The van der Waals surface area contributed by atoms with Crippen molar-refractivity contribution in [3.8, 4) is 5.75 Å². The third-order valence-electron chi connectivity index (χ3n) is 3.22. The Morgan fingerprint density at radius 3 is 2.81 bits per heavy atom. The number of methoxy groups -OCH3 is 1. The van der Waals surface area contributed by atoms with E-state index in [9.17, 15) is 4.79 Å². The van der Waals surface area contributed by atoms with Gasteiger partial charge in [-0.15, -0.1) is 0 Å². The highest BCUT2D eigenvalue weighted by Gasteiger charge is 2.14. The Hall–Kier alpha value is -2.43. The predicted octanol–water partition coefficient (Wildman–Crippen LogP) is 3.05. The quantitative estimate of drug-likeness (QED) is 0.888. The van der Waals surface area contributed by atoms with E-state index in [1.807, 2.05) is 29.7 Å². The molecule has 5 nitrogen and oxygen atoms in total. The standard InChI is InChI=1S/C16H21N3O2/c1-4-7-19-10-12(17)9-14(19)16(20)18-13-8-11(2)5-6-15(13)21-3/h5-6,8-10H,4,7,17H2,1-3H3,(H,18,20). The molecule has 2 aromatic rings. The van der Waals surface area contributed by atoms with Gasteiger partial charge >= 0.3 is 0 Å². The van der Waals surface area contributed by atoms with Crippen LogP contribution in [0.5, 0.6) is 5.75 Å². The topological polar surface area (TPSA) is 69.3 Å². The van der Waals surface area contributed by atoms with Crippen LogP contribution in [0.4, 0.5) is 11.4 Å². The average molecular weight is 287 g/mol. The van der Waals surface area contributed by atoms with Crippen LogP contribution in [0.3, 0.4) is 0 Å². The van der Waals surface area contributed by atoms with Gasteiger partial charge in [-0.2, -0.15) is 0 Å². The van der Waals surface area contributed by atoms with Crippen molar-refractivity contribution in [3.63, 3.8) is 0 Å². The summed E-state index contributed by atoms with van der Waals surface area (Å²) in [6.45, 7) is 4.78. The van der Waals surface area contributed by atoms with Gasteiger partial charge in [0.25, 0.3) is 5.91 Å². The molecule has 112 valence electrons. The van der Waals surface area contributed by atoms with Gasteiger partial charge in [0.1, 0.15) is 11.4 Å². The van der Waals surface area contributed by atoms with Gasteiger partial charge in [-0.1, -0.05) is 13.0 Å². The van der Waals surface area contributed by atoms with Crippen LogP contribution in [0.15, 0.2) is 30.5 Å². The maximum atomic E-state index is 12.5. The number of aromatic nitrogens is 1. The van der Waals surface area contributed by atoms with Gasteiger partial charge in [-0.3, -0.25) is 4.79 Å². The van der Waals surface area contributed by atoms with Gasteiger partial charge in [0.2, 0.25) is 0 Å². The molecule has 3 N–H and O–H groups in total. The van der Waals surface area contributed by atoms with Crippen LogP contribution >= 0.6 is 0 Å². The number of nitrogen functional groups attached to an aromatic ring is 1. The van der Waals surface area contributed by atoms with Gasteiger partial charge in [0.05, 0.1) is 18.5 Å². The van der Waals surface area contributed by atoms with E-state index in [4.69, 9.17) is 10.5 Å². The van der Waals surface area contributed by atoms with Crippen molar-refractivity contribution in [3.05, 3.63) is 41.7 Å². The van der Waals surface area contributed by atoms with Crippen molar-refractivity contribution in [2.24, 2.45) is 0 Å². The van der Waals surface area contributed by atoms with E-state index in [1.165, 1.54) is 0 Å². The zero-order valence-corrected chi connectivity index (χ0v) is 12.6. The van der Waals surface area contributed by atoms with E-state index >= 15 is 0 Å². The van der Waals surface area contributed by atoms with Gasteiger partial charge in [0, 0.05) is 12.7 Å². The Kier molecular flexibility index (Phi) is 4.52. The Morgan fingerprint density at radius 1 is 1.38 bits per heavy atom. The highest BCUT2D eigenvalue weighted by atomic mass is 16.5. The zero-order valence-electron chi connectivity index (χ0n) is 12.6. The summed E-state index contributed by atoms with van der Waals surface area (Å²) in [7, 11) is 1.58. The second-order valence-electron chi connectivity index (χ2n) is 5.01. The molecular formula is C16H21N3O2. The molecule has 0 atom stereocenters. The van der Waals surface area contributed by atoms with Crippen LogP contribution in [0.25, 0.3) is 0 Å². The smallest absolute Gasteiger partial charge is 0.272 e. The number of nitrogens with two attached hydrogens (primary N) is 1. The second-order valence-corrected chi connectivity index (χ2v) is 5.01. The van der Waals surface area contributed by atoms with Crippen LogP contribution in [0.1, 0.15) is 29.4 Å². The van der Waals surface area contributed by atoms with E-state index in [0.29, 0.717) is 22.8 Å². The average Bonchev–Trinajstić information content (AvgIpc) is 2.80. The van der Waals surface area contributed by atoms with Crippen molar-refractivity contribution < 1.29 is 9.53 Å². The molecule has 0 aliphatic rings. The van der Waals surface area contributed by atoms with Crippen LogP contribution in [-0.4, -0.2) is 17.6 Å². The van der Waals surface area contributed by atoms with E-state index < -0.39 is 0 Å². The molecule has 0 aliphatic carbocycles. The number of ether oxygens (including phenoxy) is 1. The predicted molar refractivity (Wildman–Crippen MR) is 84.8 cm³/mol. The summed E-state index contributed by atoms with van der Waals surface area (Å²) in [5.41, 5.74) is 8.65. The van der Waals surface area contributed by atoms with Crippen molar-refractivity contribution in [2.45, 2.75) is 26.8 Å². The lowest BCUT2D eigenvalue weighted by Crippen LogP contribution is -2.17. The summed E-state index contributed by atoms with van der Waals surface area (Å²) >= 11 is 0. The molecule has 1 heterocycles. The normalized spacial score (nSPS) is 10.4. The van der Waals surface area contributed by atoms with Gasteiger partial charge in [-0.05, 0) is 37.1 Å². The summed E-state index contributed by atoms with van der Waals surface area (Å²) in [5, 5.41) is 2.89. The van der Waals surface area contributed by atoms with Gasteiger partial charge in [0.15, 0.2) is 0 Å². The lowest BCUT2D eigenvalue weighted by atomic mass is 10.2. The summed E-state index contributed by atoms with van der Waals surface area (Å²) in [6, 6.07) is 7.34. The molecule has 0 radical (unpaired) electrons. The van der Waals surface area contributed by atoms with E-state index in [-0.39, 0.29) is 5.91 Å². The molecule has 5 heteroatoms. The minimum absolute atomic E-state index is 0.191. The van der Waals surface area contributed by atoms with E-state index in [1.54, 1.807) is 19.4 Å². The molecule has 1 aromatic heterocycles. The maximum Gasteiger partial charge on any atom is 0.272 e. The first-order valence-electron chi connectivity index (χ1n) is 6.96. The Bertz CT molecular complexity index is 647. The fourth-order valence-corrected chi connectivity index (χ4v) is 2.26. The number of carbonyl (C=O) groups excluding carboxylic acids is 1. The number of aryl methyl sites for hydroxylation is 2. The number of hydrogen-bond donors (Lipinski definition) is 2. The summed E-state index contributed by atoms with van der Waals surface area (Å²) in [6.07, 6.45) is 2.72. The molecule has 21 heavy (non-hydrogen) atoms. The summed E-state index contributed by atoms with van der Waals surface area (Å²) in [5.74, 6) is 0.444. The van der Waals surface area contributed by atoms with Crippen molar-refractivity contribution in [1.29, 1.82) is 0 Å². The molecular weight excluding hydrogens is 266 g/mol.